The van der Waals surface area contributed by atoms with Crippen LogP contribution in [0.3, 0.4) is 0 Å². The molecule has 0 aromatic carbocycles. The molecule has 2 N–H and O–H groups in total. The number of hydrogen-bond donors (Lipinski definition) is 2. The molecule has 1 amide bonds. The topological polar surface area (TPSA) is 67.2 Å². The fourth-order valence-corrected chi connectivity index (χ4v) is 0.852. The third-order valence-corrected chi connectivity index (χ3v) is 1.74. The Morgan fingerprint density at radius 3 is 2.77 bits per heavy atom. The second-order valence-corrected chi connectivity index (χ2v) is 2.96. The van der Waals surface area contributed by atoms with E-state index in [-0.39, 0.29) is 0 Å². The lowest BCUT2D eigenvalue weighted by Gasteiger charge is -2.02. The van der Waals surface area contributed by atoms with Crippen LogP contribution in [0.15, 0.2) is 6.07 Å². The number of anilines is 1. The molecule has 5 heteroatoms. The van der Waals surface area contributed by atoms with Crippen molar-refractivity contribution in [2.75, 3.05) is 5.32 Å². The van der Waals surface area contributed by atoms with Gasteiger partial charge < -0.3 is 10.4 Å². The lowest BCUT2D eigenvalue weighted by molar-refractivity contribution is -0.123. The van der Waals surface area contributed by atoms with Crippen LogP contribution in [0.1, 0.15) is 12.6 Å². The van der Waals surface area contributed by atoms with Crippen LogP contribution in [-0.4, -0.2) is 26.9 Å². The Labute approximate surface area is 76.4 Å². The largest absolute Gasteiger partial charge is 0.384 e. The molecule has 1 heterocycles. The van der Waals surface area contributed by atoms with Crippen molar-refractivity contribution in [3.8, 4) is 0 Å². The van der Waals surface area contributed by atoms with E-state index < -0.39 is 12.0 Å². The van der Waals surface area contributed by atoms with Crippen molar-refractivity contribution in [2.45, 2.75) is 20.0 Å². The Morgan fingerprint density at radius 2 is 2.38 bits per heavy atom. The maximum atomic E-state index is 11.0. The standard InChI is InChI=1S/C8H13N3O2/c1-5-4-7(10-11(5)3)9-8(13)6(2)12/h4,6,12H,1-3H3,(H,9,10,13)/t6-/m1/s1. The molecule has 0 aliphatic heterocycles. The Kier molecular flexibility index (Phi) is 2.67. The van der Waals surface area contributed by atoms with Gasteiger partial charge in [-0.25, -0.2) is 0 Å². The van der Waals surface area contributed by atoms with Gasteiger partial charge in [0.15, 0.2) is 5.82 Å². The average molecular weight is 183 g/mol. The van der Waals surface area contributed by atoms with Crippen LogP contribution < -0.4 is 5.32 Å². The van der Waals surface area contributed by atoms with Gasteiger partial charge in [0.2, 0.25) is 0 Å². The average Bonchev–Trinajstić information content (AvgIpc) is 2.31. The monoisotopic (exact) mass is 183 g/mol. The van der Waals surface area contributed by atoms with Crippen LogP contribution in [0, 0.1) is 6.92 Å². The first-order chi connectivity index (χ1) is 6.00. The highest BCUT2D eigenvalue weighted by Crippen LogP contribution is 2.06. The van der Waals surface area contributed by atoms with Gasteiger partial charge in [0, 0.05) is 18.8 Å². The first-order valence-corrected chi connectivity index (χ1v) is 4.00. The minimum absolute atomic E-state index is 0.446. The van der Waals surface area contributed by atoms with Gasteiger partial charge in [-0.05, 0) is 13.8 Å². The van der Waals surface area contributed by atoms with Gasteiger partial charge in [-0.1, -0.05) is 0 Å². The van der Waals surface area contributed by atoms with E-state index in [9.17, 15) is 4.79 Å². The normalized spacial score (nSPS) is 12.6. The summed E-state index contributed by atoms with van der Waals surface area (Å²) in [5, 5.41) is 15.4. The minimum atomic E-state index is -1.01. The Hall–Kier alpha value is -1.36. The van der Waals surface area contributed by atoms with E-state index in [2.05, 4.69) is 10.4 Å². The molecule has 13 heavy (non-hydrogen) atoms. The summed E-state index contributed by atoms with van der Waals surface area (Å²) in [6.45, 7) is 3.29. The van der Waals surface area contributed by atoms with E-state index >= 15 is 0 Å². The van der Waals surface area contributed by atoms with E-state index in [4.69, 9.17) is 5.11 Å². The van der Waals surface area contributed by atoms with E-state index in [0.717, 1.165) is 5.69 Å². The molecule has 5 nitrogen and oxygen atoms in total. The molecule has 0 unspecified atom stereocenters. The molecule has 0 aliphatic carbocycles. The molecule has 1 aromatic heterocycles. The molecule has 0 radical (unpaired) electrons. The summed E-state index contributed by atoms with van der Waals surface area (Å²) in [5.41, 5.74) is 0.945. The van der Waals surface area contributed by atoms with Crippen LogP contribution in [0.4, 0.5) is 5.82 Å². The summed E-state index contributed by atoms with van der Waals surface area (Å²) >= 11 is 0. The van der Waals surface area contributed by atoms with Crippen molar-refractivity contribution in [3.63, 3.8) is 0 Å². The maximum absolute atomic E-state index is 11.0. The highest BCUT2D eigenvalue weighted by Gasteiger charge is 2.10. The zero-order valence-electron chi connectivity index (χ0n) is 7.90. The van der Waals surface area contributed by atoms with Gasteiger partial charge in [0.25, 0.3) is 5.91 Å². The van der Waals surface area contributed by atoms with E-state index in [1.54, 1.807) is 17.8 Å². The lowest BCUT2D eigenvalue weighted by atomic mass is 10.4. The second kappa shape index (κ2) is 3.57. The molecule has 1 atom stereocenters. The maximum Gasteiger partial charge on any atom is 0.254 e. The van der Waals surface area contributed by atoms with E-state index in [1.165, 1.54) is 6.92 Å². The van der Waals surface area contributed by atoms with E-state index in [0.29, 0.717) is 5.82 Å². The number of aromatic nitrogens is 2. The SMILES string of the molecule is Cc1cc(NC(=O)[C@@H](C)O)nn1C. The van der Waals surface area contributed by atoms with Crippen molar-refractivity contribution in [1.29, 1.82) is 0 Å². The first kappa shape index (κ1) is 9.73. The fourth-order valence-electron chi connectivity index (χ4n) is 0.852. The summed E-state index contributed by atoms with van der Waals surface area (Å²) < 4.78 is 1.65. The molecule has 0 bridgehead atoms. The number of aryl methyl sites for hydroxylation is 2. The van der Waals surface area contributed by atoms with Gasteiger partial charge in [0.1, 0.15) is 6.10 Å². The second-order valence-electron chi connectivity index (χ2n) is 2.96. The van der Waals surface area contributed by atoms with Gasteiger partial charge in [-0.3, -0.25) is 9.48 Å². The Bertz CT molecular complexity index is 298. The van der Waals surface area contributed by atoms with Gasteiger partial charge >= 0.3 is 0 Å². The lowest BCUT2D eigenvalue weighted by Crippen LogP contribution is -2.24. The quantitative estimate of drug-likeness (QED) is 0.680. The molecule has 1 aromatic rings. The highest BCUT2D eigenvalue weighted by atomic mass is 16.3. The number of amides is 1. The number of aliphatic hydroxyl groups is 1. The Morgan fingerprint density at radius 1 is 1.77 bits per heavy atom. The smallest absolute Gasteiger partial charge is 0.254 e. The molecule has 1 rings (SSSR count). The number of nitrogens with one attached hydrogen (secondary N) is 1. The van der Waals surface area contributed by atoms with Gasteiger partial charge in [0.05, 0.1) is 0 Å². The summed E-state index contributed by atoms with van der Waals surface area (Å²) in [5.74, 6) is 0.0176. The van der Waals surface area contributed by atoms with Crippen molar-refractivity contribution in [1.82, 2.24) is 9.78 Å². The summed E-state index contributed by atoms with van der Waals surface area (Å²) in [6.07, 6.45) is -1.01. The molecule has 0 saturated carbocycles. The molecular formula is C8H13N3O2. The van der Waals surface area contributed by atoms with Crippen LogP contribution in [0.25, 0.3) is 0 Å². The molecule has 72 valence electrons. The number of aliphatic hydroxyl groups excluding tert-OH is 1. The Balaban J connectivity index is 2.70. The van der Waals surface area contributed by atoms with Crippen molar-refractivity contribution >= 4 is 11.7 Å². The van der Waals surface area contributed by atoms with Crippen molar-refractivity contribution in [3.05, 3.63) is 11.8 Å². The minimum Gasteiger partial charge on any atom is -0.384 e. The van der Waals surface area contributed by atoms with Crippen LogP contribution >= 0.6 is 0 Å². The third-order valence-electron chi connectivity index (χ3n) is 1.74. The molecule has 0 spiro atoms. The number of carbonyl (C=O) groups is 1. The van der Waals surface area contributed by atoms with E-state index in [1.807, 2.05) is 6.92 Å². The third kappa shape index (κ3) is 2.29. The van der Waals surface area contributed by atoms with Crippen LogP contribution in [0.2, 0.25) is 0 Å². The van der Waals surface area contributed by atoms with Crippen LogP contribution in [-0.2, 0) is 11.8 Å². The first-order valence-electron chi connectivity index (χ1n) is 4.00. The number of carbonyl (C=O) groups excluding carboxylic acids is 1. The van der Waals surface area contributed by atoms with Crippen molar-refractivity contribution in [2.24, 2.45) is 7.05 Å². The zero-order valence-corrected chi connectivity index (χ0v) is 7.90. The summed E-state index contributed by atoms with van der Waals surface area (Å²) in [4.78, 5) is 11.0. The summed E-state index contributed by atoms with van der Waals surface area (Å²) in [6, 6.07) is 1.74. The number of hydrogen-bond acceptors (Lipinski definition) is 3. The zero-order chi connectivity index (χ0) is 10.0. The number of nitrogens with zero attached hydrogens (tertiary/aromatic N) is 2. The molecular weight excluding hydrogens is 170 g/mol. The molecule has 0 fully saturated rings. The fraction of sp³-hybridized carbons (Fsp3) is 0.500. The predicted molar refractivity (Wildman–Crippen MR) is 48.3 cm³/mol. The van der Waals surface area contributed by atoms with Crippen molar-refractivity contribution < 1.29 is 9.90 Å². The summed E-state index contributed by atoms with van der Waals surface area (Å²) in [7, 11) is 1.79. The van der Waals surface area contributed by atoms with Gasteiger partial charge in [-0.15, -0.1) is 0 Å². The van der Waals surface area contributed by atoms with Crippen LogP contribution in [0.5, 0.6) is 0 Å². The number of rotatable bonds is 2. The van der Waals surface area contributed by atoms with Gasteiger partial charge in [-0.2, -0.15) is 5.10 Å². The molecule has 0 aliphatic rings. The highest BCUT2D eigenvalue weighted by molar-refractivity contribution is 5.92. The predicted octanol–water partition coefficient (Wildman–Crippen LogP) is 0.0478. The molecule has 0 saturated heterocycles.